The Hall–Kier alpha value is -2.47. The molecule has 2 aromatic carbocycles. The van der Waals surface area contributed by atoms with Crippen LogP contribution in [0.2, 0.25) is 0 Å². The van der Waals surface area contributed by atoms with Crippen LogP contribution in [-0.2, 0) is 0 Å². The molecule has 1 aromatic heterocycles. The standard InChI is InChI=1S/C20H22N2O3S/c1-13(2)12-26-20-21-16-8-6-5-7-15(16)19(23)22(20)14-9-10-17(24-3)18(11-14)25-4/h5-11,13H,12H2,1-4H3. The molecule has 3 rings (SSSR count). The first-order valence-corrected chi connectivity index (χ1v) is 9.40. The van der Waals surface area contributed by atoms with Crippen LogP contribution >= 0.6 is 11.8 Å². The number of para-hydroxylation sites is 1. The molecule has 0 aliphatic carbocycles. The Morgan fingerprint density at radius 3 is 2.50 bits per heavy atom. The van der Waals surface area contributed by atoms with Crippen molar-refractivity contribution in [3.05, 3.63) is 52.8 Å². The lowest BCUT2D eigenvalue weighted by molar-refractivity contribution is 0.354. The third-order valence-electron chi connectivity index (χ3n) is 3.92. The lowest BCUT2D eigenvalue weighted by atomic mass is 10.2. The fourth-order valence-corrected chi connectivity index (χ4v) is 3.60. The van der Waals surface area contributed by atoms with Gasteiger partial charge in [0.1, 0.15) is 0 Å². The number of hydrogen-bond donors (Lipinski definition) is 0. The van der Waals surface area contributed by atoms with Crippen molar-refractivity contribution >= 4 is 22.7 Å². The maximum Gasteiger partial charge on any atom is 0.266 e. The highest BCUT2D eigenvalue weighted by Crippen LogP contribution is 2.30. The number of benzene rings is 2. The summed E-state index contributed by atoms with van der Waals surface area (Å²) in [6.45, 7) is 4.29. The molecule has 6 heteroatoms. The van der Waals surface area contributed by atoms with E-state index in [0.29, 0.717) is 39.2 Å². The second kappa shape index (κ2) is 7.83. The van der Waals surface area contributed by atoms with E-state index in [1.807, 2.05) is 24.3 Å². The van der Waals surface area contributed by atoms with Crippen LogP contribution in [0.15, 0.2) is 52.4 Å². The van der Waals surface area contributed by atoms with Crippen LogP contribution < -0.4 is 15.0 Å². The van der Waals surface area contributed by atoms with E-state index < -0.39 is 0 Å². The van der Waals surface area contributed by atoms with Crippen LogP contribution in [0.5, 0.6) is 11.5 Å². The molecule has 0 aliphatic rings. The molecule has 0 saturated heterocycles. The number of hydrogen-bond acceptors (Lipinski definition) is 5. The fraction of sp³-hybridized carbons (Fsp3) is 0.300. The molecule has 0 spiro atoms. The van der Waals surface area contributed by atoms with Crippen molar-refractivity contribution in [3.63, 3.8) is 0 Å². The number of aromatic nitrogens is 2. The molecule has 0 radical (unpaired) electrons. The first-order valence-electron chi connectivity index (χ1n) is 8.42. The SMILES string of the molecule is COc1ccc(-n2c(SCC(C)C)nc3ccccc3c2=O)cc1OC. The Bertz CT molecular complexity index is 982. The summed E-state index contributed by atoms with van der Waals surface area (Å²) >= 11 is 1.58. The van der Waals surface area contributed by atoms with Gasteiger partial charge in [-0.15, -0.1) is 0 Å². The number of thioether (sulfide) groups is 1. The molecule has 0 aliphatic heterocycles. The van der Waals surface area contributed by atoms with E-state index >= 15 is 0 Å². The van der Waals surface area contributed by atoms with E-state index in [-0.39, 0.29) is 5.56 Å². The van der Waals surface area contributed by atoms with Gasteiger partial charge in [0, 0.05) is 11.8 Å². The molecular weight excluding hydrogens is 348 g/mol. The minimum absolute atomic E-state index is 0.0888. The number of nitrogens with zero attached hydrogens (tertiary/aromatic N) is 2. The van der Waals surface area contributed by atoms with Crippen molar-refractivity contribution in [3.8, 4) is 17.2 Å². The minimum atomic E-state index is -0.0888. The van der Waals surface area contributed by atoms with Gasteiger partial charge >= 0.3 is 0 Å². The van der Waals surface area contributed by atoms with Gasteiger partial charge in [0.15, 0.2) is 16.7 Å². The molecule has 0 saturated carbocycles. The predicted molar refractivity (Wildman–Crippen MR) is 106 cm³/mol. The summed E-state index contributed by atoms with van der Waals surface area (Å²) in [6, 6.07) is 12.9. The maximum absolute atomic E-state index is 13.2. The monoisotopic (exact) mass is 370 g/mol. The summed E-state index contributed by atoms with van der Waals surface area (Å²) in [7, 11) is 3.17. The summed E-state index contributed by atoms with van der Waals surface area (Å²) in [5.74, 6) is 2.56. The number of ether oxygens (including phenoxy) is 2. The van der Waals surface area contributed by atoms with E-state index in [4.69, 9.17) is 14.5 Å². The summed E-state index contributed by atoms with van der Waals surface area (Å²) in [5, 5.41) is 1.27. The average molecular weight is 370 g/mol. The Morgan fingerprint density at radius 1 is 1.08 bits per heavy atom. The predicted octanol–water partition coefficient (Wildman–Crippen LogP) is 4.15. The molecule has 0 atom stereocenters. The van der Waals surface area contributed by atoms with Gasteiger partial charge < -0.3 is 9.47 Å². The first kappa shape index (κ1) is 18.3. The van der Waals surface area contributed by atoms with Crippen molar-refractivity contribution in [1.82, 2.24) is 9.55 Å². The third-order valence-corrected chi connectivity index (χ3v) is 5.28. The molecule has 1 heterocycles. The Labute approximate surface area is 157 Å². The lowest BCUT2D eigenvalue weighted by Crippen LogP contribution is -2.22. The number of methoxy groups -OCH3 is 2. The van der Waals surface area contributed by atoms with Gasteiger partial charge in [0.05, 0.1) is 30.8 Å². The molecule has 0 unspecified atom stereocenters. The molecule has 3 aromatic rings. The molecule has 0 N–H and O–H groups in total. The quantitative estimate of drug-likeness (QED) is 0.482. The molecule has 136 valence electrons. The van der Waals surface area contributed by atoms with Crippen LogP contribution in [0.25, 0.3) is 16.6 Å². The van der Waals surface area contributed by atoms with Crippen LogP contribution in [0.4, 0.5) is 0 Å². The highest BCUT2D eigenvalue weighted by molar-refractivity contribution is 7.99. The summed E-state index contributed by atoms with van der Waals surface area (Å²) < 4.78 is 12.3. The number of rotatable bonds is 6. The average Bonchev–Trinajstić information content (AvgIpc) is 2.66. The van der Waals surface area contributed by atoms with Crippen molar-refractivity contribution in [2.24, 2.45) is 5.92 Å². The Morgan fingerprint density at radius 2 is 1.81 bits per heavy atom. The largest absolute Gasteiger partial charge is 0.493 e. The van der Waals surface area contributed by atoms with E-state index in [2.05, 4.69) is 13.8 Å². The topological polar surface area (TPSA) is 53.4 Å². The molecule has 26 heavy (non-hydrogen) atoms. The zero-order chi connectivity index (χ0) is 18.7. The summed E-state index contributed by atoms with van der Waals surface area (Å²) in [5.41, 5.74) is 1.33. The third kappa shape index (κ3) is 3.55. The van der Waals surface area contributed by atoms with Crippen molar-refractivity contribution < 1.29 is 9.47 Å². The van der Waals surface area contributed by atoms with Gasteiger partial charge in [0.25, 0.3) is 5.56 Å². The van der Waals surface area contributed by atoms with Gasteiger partial charge in [-0.25, -0.2) is 4.98 Å². The summed E-state index contributed by atoms with van der Waals surface area (Å²) in [6.07, 6.45) is 0. The van der Waals surface area contributed by atoms with Gasteiger partial charge in [-0.3, -0.25) is 9.36 Å². The van der Waals surface area contributed by atoms with Gasteiger partial charge in [-0.2, -0.15) is 0 Å². The smallest absolute Gasteiger partial charge is 0.266 e. The highest BCUT2D eigenvalue weighted by atomic mass is 32.2. The van der Waals surface area contributed by atoms with E-state index in [9.17, 15) is 4.79 Å². The fourth-order valence-electron chi connectivity index (χ4n) is 2.64. The molecular formula is C20H22N2O3S. The van der Waals surface area contributed by atoms with Crippen LogP contribution in [0.1, 0.15) is 13.8 Å². The van der Waals surface area contributed by atoms with E-state index in [0.717, 1.165) is 5.75 Å². The van der Waals surface area contributed by atoms with Crippen LogP contribution in [0.3, 0.4) is 0 Å². The Balaban J connectivity index is 2.24. The van der Waals surface area contributed by atoms with Gasteiger partial charge in [-0.05, 0) is 30.2 Å². The van der Waals surface area contributed by atoms with Gasteiger partial charge in [0.2, 0.25) is 0 Å². The molecule has 0 amide bonds. The zero-order valence-electron chi connectivity index (χ0n) is 15.4. The zero-order valence-corrected chi connectivity index (χ0v) is 16.2. The van der Waals surface area contributed by atoms with Crippen LogP contribution in [-0.4, -0.2) is 29.5 Å². The van der Waals surface area contributed by atoms with Crippen molar-refractivity contribution in [1.29, 1.82) is 0 Å². The Kier molecular flexibility index (Phi) is 5.52. The lowest BCUT2D eigenvalue weighted by Gasteiger charge is -2.15. The second-order valence-corrected chi connectivity index (χ2v) is 7.28. The normalized spacial score (nSPS) is 11.1. The maximum atomic E-state index is 13.2. The second-order valence-electron chi connectivity index (χ2n) is 6.30. The minimum Gasteiger partial charge on any atom is -0.493 e. The van der Waals surface area contributed by atoms with Crippen molar-refractivity contribution in [2.75, 3.05) is 20.0 Å². The van der Waals surface area contributed by atoms with E-state index in [1.165, 1.54) is 0 Å². The molecule has 5 nitrogen and oxygen atoms in total. The highest BCUT2D eigenvalue weighted by Gasteiger charge is 2.15. The van der Waals surface area contributed by atoms with E-state index in [1.54, 1.807) is 48.7 Å². The van der Waals surface area contributed by atoms with Crippen molar-refractivity contribution in [2.45, 2.75) is 19.0 Å². The van der Waals surface area contributed by atoms with Gasteiger partial charge in [-0.1, -0.05) is 37.7 Å². The summed E-state index contributed by atoms with van der Waals surface area (Å²) in [4.78, 5) is 17.9. The first-order chi connectivity index (χ1) is 12.5. The molecule has 0 bridgehead atoms. The van der Waals surface area contributed by atoms with Crippen LogP contribution in [0, 0.1) is 5.92 Å². The number of fused-ring (bicyclic) bond motifs is 1. The molecule has 0 fully saturated rings.